The molecule has 0 atom stereocenters. The Bertz CT molecular complexity index is 237. The lowest BCUT2D eigenvalue weighted by atomic mass is 10.2. The maximum Gasteiger partial charge on any atom is 0.182 e. The van der Waals surface area contributed by atoms with Gasteiger partial charge in [0.25, 0.3) is 0 Å². The number of hydrogen-bond donors (Lipinski definition) is 2. The van der Waals surface area contributed by atoms with Crippen molar-refractivity contribution < 1.29 is 14.9 Å². The van der Waals surface area contributed by atoms with Crippen molar-refractivity contribution in [2.45, 2.75) is 6.29 Å². The van der Waals surface area contributed by atoms with Crippen LogP contribution in [0.4, 0.5) is 0 Å². The summed E-state index contributed by atoms with van der Waals surface area (Å²) < 4.78 is 4.82. The van der Waals surface area contributed by atoms with Gasteiger partial charge in [-0.15, -0.1) is 0 Å². The van der Waals surface area contributed by atoms with Crippen molar-refractivity contribution in [1.82, 2.24) is 4.98 Å². The number of pyridine rings is 1. The van der Waals surface area contributed by atoms with Gasteiger partial charge in [0.05, 0.1) is 18.9 Å². The zero-order valence-electron chi connectivity index (χ0n) is 6.06. The maximum absolute atomic E-state index is 8.78. The largest absolute Gasteiger partial charge is 0.495 e. The zero-order chi connectivity index (χ0) is 8.27. The fourth-order valence-electron chi connectivity index (χ4n) is 0.775. The normalized spacial score (nSPS) is 10.2. The van der Waals surface area contributed by atoms with Crippen LogP contribution in [0.2, 0.25) is 0 Å². The van der Waals surface area contributed by atoms with Crippen LogP contribution in [0, 0.1) is 0 Å². The minimum absolute atomic E-state index is 0.322. The number of aromatic nitrogens is 1. The molecule has 4 nitrogen and oxygen atoms in total. The molecular weight excluding hydrogens is 146 g/mol. The molecule has 0 aliphatic carbocycles. The fourth-order valence-corrected chi connectivity index (χ4v) is 0.775. The van der Waals surface area contributed by atoms with Crippen LogP contribution in [-0.4, -0.2) is 22.3 Å². The van der Waals surface area contributed by atoms with E-state index in [1.165, 1.54) is 25.6 Å². The first-order valence-electron chi connectivity index (χ1n) is 3.09. The highest BCUT2D eigenvalue weighted by Crippen LogP contribution is 2.20. The molecule has 11 heavy (non-hydrogen) atoms. The Hall–Kier alpha value is -1.13. The topological polar surface area (TPSA) is 62.6 Å². The first-order valence-corrected chi connectivity index (χ1v) is 3.09. The second-order valence-corrected chi connectivity index (χ2v) is 1.99. The summed E-state index contributed by atoms with van der Waals surface area (Å²) in [5.41, 5.74) is 0.322. The van der Waals surface area contributed by atoms with Gasteiger partial charge in [-0.25, -0.2) is 0 Å². The quantitative estimate of drug-likeness (QED) is 0.593. The average molecular weight is 155 g/mol. The summed E-state index contributed by atoms with van der Waals surface area (Å²) in [6.07, 6.45) is 1.39. The summed E-state index contributed by atoms with van der Waals surface area (Å²) in [6.45, 7) is 0. The van der Waals surface area contributed by atoms with Gasteiger partial charge in [0.2, 0.25) is 0 Å². The first kappa shape index (κ1) is 7.97. The van der Waals surface area contributed by atoms with Crippen LogP contribution in [0.5, 0.6) is 5.75 Å². The number of nitrogens with zero attached hydrogens (tertiary/aromatic N) is 1. The molecule has 1 aromatic rings. The Balaban J connectivity index is 3.02. The van der Waals surface area contributed by atoms with Crippen LogP contribution < -0.4 is 4.74 Å². The molecular formula is C7H9NO3. The standard InChI is InChI=1S/C7H9NO3/c1-11-6-4-8-3-2-5(6)7(9)10/h2-4,7,9-10H,1H3. The smallest absolute Gasteiger partial charge is 0.182 e. The summed E-state index contributed by atoms with van der Waals surface area (Å²) in [4.78, 5) is 3.75. The number of hydrogen-bond acceptors (Lipinski definition) is 4. The summed E-state index contributed by atoms with van der Waals surface area (Å²) in [7, 11) is 1.45. The molecule has 60 valence electrons. The fraction of sp³-hybridized carbons (Fsp3) is 0.286. The number of aliphatic hydroxyl groups excluding tert-OH is 1. The Morgan fingerprint density at radius 2 is 2.27 bits per heavy atom. The van der Waals surface area contributed by atoms with Crippen molar-refractivity contribution in [2.75, 3.05) is 7.11 Å². The lowest BCUT2D eigenvalue weighted by Gasteiger charge is -2.07. The highest BCUT2D eigenvalue weighted by Gasteiger charge is 2.08. The van der Waals surface area contributed by atoms with Gasteiger partial charge in [-0.05, 0) is 6.07 Å². The van der Waals surface area contributed by atoms with Crippen molar-refractivity contribution in [3.05, 3.63) is 24.0 Å². The second kappa shape index (κ2) is 3.32. The Labute approximate surface area is 64.1 Å². The van der Waals surface area contributed by atoms with Crippen molar-refractivity contribution in [2.24, 2.45) is 0 Å². The van der Waals surface area contributed by atoms with E-state index in [2.05, 4.69) is 4.98 Å². The minimum atomic E-state index is -1.51. The maximum atomic E-state index is 8.78. The van der Waals surface area contributed by atoms with E-state index in [0.717, 1.165) is 0 Å². The molecule has 1 rings (SSSR count). The number of ether oxygens (including phenoxy) is 1. The van der Waals surface area contributed by atoms with Gasteiger partial charge in [0.15, 0.2) is 6.29 Å². The predicted octanol–water partition coefficient (Wildman–Crippen LogP) is 0.0734. The van der Waals surface area contributed by atoms with Gasteiger partial charge in [-0.2, -0.15) is 0 Å². The van der Waals surface area contributed by atoms with E-state index in [1.807, 2.05) is 0 Å². The van der Waals surface area contributed by atoms with Gasteiger partial charge in [0, 0.05) is 6.20 Å². The number of aliphatic hydroxyl groups is 2. The van der Waals surface area contributed by atoms with Gasteiger partial charge in [0.1, 0.15) is 5.75 Å². The monoisotopic (exact) mass is 155 g/mol. The number of methoxy groups -OCH3 is 1. The van der Waals surface area contributed by atoms with Crippen molar-refractivity contribution in [1.29, 1.82) is 0 Å². The molecule has 2 N–H and O–H groups in total. The van der Waals surface area contributed by atoms with Gasteiger partial charge in [-0.1, -0.05) is 0 Å². The van der Waals surface area contributed by atoms with Gasteiger partial charge < -0.3 is 14.9 Å². The Morgan fingerprint density at radius 1 is 1.55 bits per heavy atom. The molecule has 0 aromatic carbocycles. The molecule has 0 fully saturated rings. The third-order valence-electron chi connectivity index (χ3n) is 1.31. The van der Waals surface area contributed by atoms with E-state index in [4.69, 9.17) is 14.9 Å². The van der Waals surface area contributed by atoms with Gasteiger partial charge >= 0.3 is 0 Å². The molecule has 1 aromatic heterocycles. The van der Waals surface area contributed by atoms with Crippen LogP contribution in [0.15, 0.2) is 18.5 Å². The van der Waals surface area contributed by atoms with Crippen molar-refractivity contribution in [3.8, 4) is 5.75 Å². The van der Waals surface area contributed by atoms with E-state index in [-0.39, 0.29) is 0 Å². The molecule has 0 bridgehead atoms. The molecule has 0 spiro atoms. The van der Waals surface area contributed by atoms with Crippen LogP contribution in [0.3, 0.4) is 0 Å². The molecule has 1 heterocycles. The lowest BCUT2D eigenvalue weighted by Crippen LogP contribution is -1.98. The lowest BCUT2D eigenvalue weighted by molar-refractivity contribution is -0.0439. The molecule has 0 saturated carbocycles. The van der Waals surface area contributed by atoms with Crippen LogP contribution in [-0.2, 0) is 0 Å². The summed E-state index contributed by atoms with van der Waals surface area (Å²) in [5.74, 6) is 0.377. The Morgan fingerprint density at radius 3 is 2.73 bits per heavy atom. The van der Waals surface area contributed by atoms with Crippen LogP contribution in [0.25, 0.3) is 0 Å². The molecule has 4 heteroatoms. The molecule has 0 saturated heterocycles. The third kappa shape index (κ3) is 1.66. The van der Waals surface area contributed by atoms with Crippen molar-refractivity contribution in [3.63, 3.8) is 0 Å². The summed E-state index contributed by atoms with van der Waals surface area (Å²) in [5, 5.41) is 17.6. The third-order valence-corrected chi connectivity index (χ3v) is 1.31. The molecule has 0 amide bonds. The van der Waals surface area contributed by atoms with E-state index in [9.17, 15) is 0 Å². The van der Waals surface area contributed by atoms with E-state index in [1.54, 1.807) is 0 Å². The SMILES string of the molecule is COc1cnccc1C(O)O. The second-order valence-electron chi connectivity index (χ2n) is 1.99. The predicted molar refractivity (Wildman–Crippen MR) is 38.0 cm³/mol. The summed E-state index contributed by atoms with van der Waals surface area (Å²) in [6, 6.07) is 1.49. The molecule has 0 unspecified atom stereocenters. The van der Waals surface area contributed by atoms with E-state index < -0.39 is 6.29 Å². The Kier molecular flexibility index (Phi) is 2.40. The average Bonchev–Trinajstić information content (AvgIpc) is 2.04. The molecule has 0 aliphatic heterocycles. The highest BCUT2D eigenvalue weighted by molar-refractivity contribution is 5.30. The first-order chi connectivity index (χ1) is 5.25. The molecule has 0 aliphatic rings. The highest BCUT2D eigenvalue weighted by atomic mass is 16.5. The van der Waals surface area contributed by atoms with Crippen LogP contribution >= 0.6 is 0 Å². The summed E-state index contributed by atoms with van der Waals surface area (Å²) >= 11 is 0. The van der Waals surface area contributed by atoms with Crippen LogP contribution in [0.1, 0.15) is 11.9 Å². The van der Waals surface area contributed by atoms with Gasteiger partial charge in [-0.3, -0.25) is 4.98 Å². The molecule has 0 radical (unpaired) electrons. The van der Waals surface area contributed by atoms with E-state index >= 15 is 0 Å². The zero-order valence-corrected chi connectivity index (χ0v) is 6.06. The number of rotatable bonds is 2. The van der Waals surface area contributed by atoms with E-state index in [0.29, 0.717) is 11.3 Å². The van der Waals surface area contributed by atoms with Crippen molar-refractivity contribution >= 4 is 0 Å². The minimum Gasteiger partial charge on any atom is -0.495 e.